The molecule has 1 aromatic heterocycles. The molecule has 1 fully saturated rings. The van der Waals surface area contributed by atoms with Gasteiger partial charge in [-0.3, -0.25) is 4.79 Å². The number of ketones is 1. The van der Waals surface area contributed by atoms with Gasteiger partial charge in [-0.15, -0.1) is 11.3 Å². The van der Waals surface area contributed by atoms with Crippen LogP contribution in [0.5, 0.6) is 0 Å². The van der Waals surface area contributed by atoms with Gasteiger partial charge in [0.25, 0.3) is 0 Å². The van der Waals surface area contributed by atoms with Crippen LogP contribution in [0.1, 0.15) is 37.0 Å². The second-order valence-corrected chi connectivity index (χ2v) is 5.06. The van der Waals surface area contributed by atoms with Gasteiger partial charge in [0.2, 0.25) is 0 Å². The second-order valence-electron chi connectivity index (χ2n) is 4.03. The zero-order valence-electron chi connectivity index (χ0n) is 8.37. The normalized spacial score (nSPS) is 16.6. The maximum atomic E-state index is 11.6. The molecule has 0 unspecified atom stereocenters. The van der Waals surface area contributed by atoms with Gasteiger partial charge < -0.3 is 0 Å². The molecule has 0 saturated heterocycles. The third kappa shape index (κ3) is 2.44. The first-order valence-corrected chi connectivity index (χ1v) is 6.29. The first-order chi connectivity index (χ1) is 6.86. The Hall–Kier alpha value is -0.630. The minimum absolute atomic E-state index is 0.429. The molecule has 1 aliphatic carbocycles. The van der Waals surface area contributed by atoms with Crippen LogP contribution in [0, 0.1) is 5.92 Å². The van der Waals surface area contributed by atoms with Gasteiger partial charge in [0.15, 0.2) is 0 Å². The fraction of sp³-hybridized carbons (Fsp3) is 0.583. The molecule has 2 rings (SSSR count). The molecule has 0 spiro atoms. The summed E-state index contributed by atoms with van der Waals surface area (Å²) in [7, 11) is 0. The second kappa shape index (κ2) is 4.74. The van der Waals surface area contributed by atoms with Crippen molar-refractivity contribution in [2.24, 2.45) is 5.92 Å². The number of carbonyl (C=O) groups is 1. The zero-order chi connectivity index (χ0) is 9.80. The summed E-state index contributed by atoms with van der Waals surface area (Å²) in [4.78, 5) is 13.0. The molecule has 0 bridgehead atoms. The van der Waals surface area contributed by atoms with E-state index in [9.17, 15) is 4.79 Å². The van der Waals surface area contributed by atoms with Gasteiger partial charge in [0, 0.05) is 17.2 Å². The van der Waals surface area contributed by atoms with Crippen molar-refractivity contribution in [1.29, 1.82) is 0 Å². The average molecular weight is 208 g/mol. The minimum atomic E-state index is 0.429. The van der Waals surface area contributed by atoms with Gasteiger partial charge in [-0.1, -0.05) is 12.5 Å². The molecular formula is C12H16OS. The van der Waals surface area contributed by atoms with Crippen LogP contribution in [0.3, 0.4) is 0 Å². The molecule has 1 aliphatic rings. The maximum absolute atomic E-state index is 11.6. The molecule has 0 N–H and O–H groups in total. The van der Waals surface area contributed by atoms with Crippen LogP contribution < -0.4 is 0 Å². The number of hydrogen-bond acceptors (Lipinski definition) is 2. The number of carbonyl (C=O) groups excluding carboxylic acids is 1. The fourth-order valence-corrected chi connectivity index (χ4v) is 2.58. The van der Waals surface area contributed by atoms with E-state index in [1.54, 1.807) is 11.3 Å². The first-order valence-electron chi connectivity index (χ1n) is 5.41. The number of Topliss-reactive ketones (excluding diaryl/α,β-unsaturated/α-hetero) is 1. The van der Waals surface area contributed by atoms with Crippen molar-refractivity contribution in [3.05, 3.63) is 22.4 Å². The number of aryl methyl sites for hydroxylation is 1. The lowest BCUT2D eigenvalue weighted by molar-refractivity contribution is -0.125. The Morgan fingerprint density at radius 3 is 2.93 bits per heavy atom. The monoisotopic (exact) mass is 208 g/mol. The van der Waals surface area contributed by atoms with Crippen molar-refractivity contribution in [2.45, 2.75) is 38.5 Å². The lowest BCUT2D eigenvalue weighted by Gasteiger charge is -2.23. The topological polar surface area (TPSA) is 17.1 Å². The summed E-state index contributed by atoms with van der Waals surface area (Å²) in [5.41, 5.74) is 0. The fourth-order valence-electron chi connectivity index (χ4n) is 1.83. The van der Waals surface area contributed by atoms with Crippen LogP contribution in [-0.2, 0) is 11.2 Å². The molecule has 0 aliphatic heterocycles. The third-order valence-electron chi connectivity index (χ3n) is 2.99. The summed E-state index contributed by atoms with van der Waals surface area (Å²) >= 11 is 1.79. The highest BCUT2D eigenvalue weighted by Crippen LogP contribution is 2.28. The number of thiophene rings is 1. The smallest absolute Gasteiger partial charge is 0.135 e. The van der Waals surface area contributed by atoms with Crippen LogP contribution in [0.4, 0.5) is 0 Å². The van der Waals surface area contributed by atoms with Crippen LogP contribution >= 0.6 is 11.3 Å². The molecule has 1 nitrogen and oxygen atoms in total. The van der Waals surface area contributed by atoms with Crippen molar-refractivity contribution >= 4 is 17.1 Å². The van der Waals surface area contributed by atoms with E-state index in [-0.39, 0.29) is 0 Å². The van der Waals surface area contributed by atoms with Gasteiger partial charge in [-0.25, -0.2) is 0 Å². The van der Waals surface area contributed by atoms with E-state index >= 15 is 0 Å². The van der Waals surface area contributed by atoms with E-state index < -0.39 is 0 Å². The molecule has 2 heteroatoms. The summed E-state index contributed by atoms with van der Waals surface area (Å²) in [6.07, 6.45) is 6.48. The lowest BCUT2D eigenvalue weighted by Crippen LogP contribution is -2.21. The van der Waals surface area contributed by atoms with E-state index in [0.29, 0.717) is 11.7 Å². The third-order valence-corrected chi connectivity index (χ3v) is 3.92. The molecule has 1 aromatic rings. The summed E-state index contributed by atoms with van der Waals surface area (Å²) in [6.45, 7) is 0. The predicted molar refractivity (Wildman–Crippen MR) is 59.6 cm³/mol. The van der Waals surface area contributed by atoms with Crippen molar-refractivity contribution in [3.63, 3.8) is 0 Å². The molecule has 0 atom stereocenters. The Labute approximate surface area is 89.1 Å². The van der Waals surface area contributed by atoms with Crippen molar-refractivity contribution in [3.8, 4) is 0 Å². The Kier molecular flexibility index (Phi) is 3.35. The van der Waals surface area contributed by atoms with E-state index in [1.807, 2.05) is 0 Å². The summed E-state index contributed by atoms with van der Waals surface area (Å²) < 4.78 is 0. The summed E-state index contributed by atoms with van der Waals surface area (Å²) in [5, 5.41) is 2.10. The van der Waals surface area contributed by atoms with Crippen molar-refractivity contribution < 1.29 is 4.79 Å². The predicted octanol–water partition coefficient (Wildman–Crippen LogP) is 3.44. The Morgan fingerprint density at radius 2 is 2.36 bits per heavy atom. The molecule has 76 valence electrons. The van der Waals surface area contributed by atoms with E-state index in [1.165, 1.54) is 11.3 Å². The van der Waals surface area contributed by atoms with Crippen molar-refractivity contribution in [2.75, 3.05) is 0 Å². The van der Waals surface area contributed by atoms with Gasteiger partial charge in [0.05, 0.1) is 0 Å². The van der Waals surface area contributed by atoms with Gasteiger partial charge in [-0.2, -0.15) is 0 Å². The number of hydrogen-bond donors (Lipinski definition) is 0. The molecule has 0 amide bonds. The number of rotatable bonds is 5. The Bertz CT molecular complexity index is 285. The molecular weight excluding hydrogens is 192 g/mol. The zero-order valence-corrected chi connectivity index (χ0v) is 9.19. The summed E-state index contributed by atoms with van der Waals surface area (Å²) in [6, 6.07) is 4.23. The van der Waals surface area contributed by atoms with Crippen LogP contribution in [0.25, 0.3) is 0 Å². The van der Waals surface area contributed by atoms with Crippen LogP contribution in [0.2, 0.25) is 0 Å². The van der Waals surface area contributed by atoms with Crippen LogP contribution in [-0.4, -0.2) is 5.78 Å². The highest BCUT2D eigenvalue weighted by molar-refractivity contribution is 7.09. The van der Waals surface area contributed by atoms with E-state index in [0.717, 1.165) is 32.1 Å². The standard InChI is InChI=1S/C12H16OS/c13-12(10-4-1-5-10)8-2-6-11-7-3-9-14-11/h3,7,9-10H,1-2,4-6,8H2. The van der Waals surface area contributed by atoms with Gasteiger partial charge >= 0.3 is 0 Å². The average Bonchev–Trinajstić information content (AvgIpc) is 2.53. The van der Waals surface area contributed by atoms with E-state index in [2.05, 4.69) is 17.5 Å². The molecule has 0 aromatic carbocycles. The minimum Gasteiger partial charge on any atom is -0.299 e. The molecule has 0 radical (unpaired) electrons. The SMILES string of the molecule is O=C(CCCc1cccs1)C1CCC1. The molecule has 1 heterocycles. The van der Waals surface area contributed by atoms with E-state index in [4.69, 9.17) is 0 Å². The largest absolute Gasteiger partial charge is 0.299 e. The van der Waals surface area contributed by atoms with Crippen LogP contribution in [0.15, 0.2) is 17.5 Å². The maximum Gasteiger partial charge on any atom is 0.135 e. The Balaban J connectivity index is 1.65. The quantitative estimate of drug-likeness (QED) is 0.724. The molecule has 14 heavy (non-hydrogen) atoms. The highest BCUT2D eigenvalue weighted by atomic mass is 32.1. The van der Waals surface area contributed by atoms with Gasteiger partial charge in [-0.05, 0) is 37.1 Å². The lowest BCUT2D eigenvalue weighted by atomic mass is 9.81. The first kappa shape index (κ1) is 9.91. The summed E-state index contributed by atoms with van der Waals surface area (Å²) in [5.74, 6) is 0.936. The molecule has 1 saturated carbocycles. The Morgan fingerprint density at radius 1 is 1.50 bits per heavy atom. The highest BCUT2D eigenvalue weighted by Gasteiger charge is 2.24. The van der Waals surface area contributed by atoms with Crippen molar-refractivity contribution in [1.82, 2.24) is 0 Å². The van der Waals surface area contributed by atoms with Gasteiger partial charge in [0.1, 0.15) is 5.78 Å².